The van der Waals surface area contributed by atoms with Crippen molar-refractivity contribution < 1.29 is 14.3 Å². The first-order valence-electron chi connectivity index (χ1n) is 10.2. The summed E-state index contributed by atoms with van der Waals surface area (Å²) in [7, 11) is 0. The third-order valence-corrected chi connectivity index (χ3v) is 6.24. The van der Waals surface area contributed by atoms with Crippen molar-refractivity contribution >= 4 is 32.6 Å². The number of aryl methyl sites for hydroxylation is 1. The zero-order valence-corrected chi connectivity index (χ0v) is 17.8. The van der Waals surface area contributed by atoms with Gasteiger partial charge in [0.1, 0.15) is 6.61 Å². The number of anilines is 1. The highest BCUT2D eigenvalue weighted by molar-refractivity contribution is 7.22. The smallest absolute Gasteiger partial charge is 0.273 e. The van der Waals surface area contributed by atoms with Crippen molar-refractivity contribution in [2.45, 2.75) is 26.0 Å². The van der Waals surface area contributed by atoms with Crippen molar-refractivity contribution in [3.63, 3.8) is 0 Å². The van der Waals surface area contributed by atoms with Crippen molar-refractivity contribution in [1.82, 2.24) is 9.97 Å². The minimum Gasteiger partial charge on any atom is -0.485 e. The molecule has 3 heterocycles. The number of ether oxygens (including phenoxy) is 2. The Bertz CT molecular complexity index is 1230. The molecule has 0 spiro atoms. The Balaban J connectivity index is 1.51. The van der Waals surface area contributed by atoms with Gasteiger partial charge in [-0.3, -0.25) is 14.7 Å². The van der Waals surface area contributed by atoms with Crippen LogP contribution in [-0.2, 0) is 17.8 Å². The van der Waals surface area contributed by atoms with Crippen molar-refractivity contribution in [1.29, 1.82) is 0 Å². The highest BCUT2D eigenvalue weighted by Crippen LogP contribution is 2.35. The van der Waals surface area contributed by atoms with E-state index in [2.05, 4.69) is 18.0 Å². The number of nitrogens with zero attached hydrogens (tertiary/aromatic N) is 3. The maximum absolute atomic E-state index is 13.6. The van der Waals surface area contributed by atoms with E-state index in [9.17, 15) is 4.79 Å². The standard InChI is InChI=1S/C24H21N3O3S/c1-2-16-8-7-12-21-22(16)26-24(31-21)27(14-17-9-5-6-13-25-17)23(28)20-15-29-18-10-3-4-11-19(18)30-20/h3-13,20H,2,14-15H2,1H3. The van der Waals surface area contributed by atoms with Gasteiger partial charge in [0.15, 0.2) is 16.6 Å². The van der Waals surface area contributed by atoms with Crippen LogP contribution in [0.15, 0.2) is 66.9 Å². The highest BCUT2D eigenvalue weighted by atomic mass is 32.1. The van der Waals surface area contributed by atoms with Crippen LogP contribution in [0.5, 0.6) is 11.5 Å². The maximum Gasteiger partial charge on any atom is 0.273 e. The summed E-state index contributed by atoms with van der Waals surface area (Å²) in [6.07, 6.45) is 1.85. The monoisotopic (exact) mass is 431 g/mol. The van der Waals surface area contributed by atoms with E-state index < -0.39 is 6.10 Å². The fourth-order valence-electron chi connectivity index (χ4n) is 3.60. The number of carbonyl (C=O) groups excluding carboxylic acids is 1. The number of carbonyl (C=O) groups is 1. The van der Waals surface area contributed by atoms with Crippen molar-refractivity contribution in [3.8, 4) is 11.5 Å². The van der Waals surface area contributed by atoms with Crippen LogP contribution in [0.4, 0.5) is 5.13 Å². The predicted molar refractivity (Wildman–Crippen MR) is 121 cm³/mol. The molecule has 1 amide bonds. The molecule has 1 aliphatic heterocycles. The van der Waals surface area contributed by atoms with Gasteiger partial charge in [-0.05, 0) is 42.3 Å². The second-order valence-corrected chi connectivity index (χ2v) is 8.23. The molecule has 1 aliphatic rings. The quantitative estimate of drug-likeness (QED) is 0.461. The van der Waals surface area contributed by atoms with Crippen LogP contribution in [-0.4, -0.2) is 28.6 Å². The second kappa shape index (κ2) is 8.35. The summed E-state index contributed by atoms with van der Waals surface area (Å²) in [5.41, 5.74) is 2.88. The summed E-state index contributed by atoms with van der Waals surface area (Å²) in [4.78, 5) is 24.5. The van der Waals surface area contributed by atoms with E-state index in [0.717, 1.165) is 27.9 Å². The number of rotatable bonds is 5. The van der Waals surface area contributed by atoms with Crippen LogP contribution in [0.3, 0.4) is 0 Å². The lowest BCUT2D eigenvalue weighted by Crippen LogP contribution is -2.46. The van der Waals surface area contributed by atoms with Crippen molar-refractivity contribution in [3.05, 3.63) is 78.1 Å². The normalized spacial score (nSPS) is 15.1. The maximum atomic E-state index is 13.6. The van der Waals surface area contributed by atoms with E-state index in [0.29, 0.717) is 23.2 Å². The lowest BCUT2D eigenvalue weighted by atomic mass is 10.1. The molecule has 2 aromatic heterocycles. The molecule has 1 unspecified atom stereocenters. The SMILES string of the molecule is CCc1cccc2sc(N(Cc3ccccn3)C(=O)C3COc4ccccc4O3)nc12. The van der Waals surface area contributed by atoms with Crippen molar-refractivity contribution in [2.75, 3.05) is 11.5 Å². The molecule has 31 heavy (non-hydrogen) atoms. The number of pyridine rings is 1. The summed E-state index contributed by atoms with van der Waals surface area (Å²) in [5, 5.41) is 0.633. The number of hydrogen-bond donors (Lipinski definition) is 0. The third-order valence-electron chi connectivity index (χ3n) is 5.20. The lowest BCUT2D eigenvalue weighted by molar-refractivity contribution is -0.127. The van der Waals surface area contributed by atoms with E-state index in [1.54, 1.807) is 11.1 Å². The van der Waals surface area contributed by atoms with Crippen LogP contribution in [0.1, 0.15) is 18.2 Å². The van der Waals surface area contributed by atoms with Crippen LogP contribution in [0.2, 0.25) is 0 Å². The minimum atomic E-state index is -0.753. The summed E-state index contributed by atoms with van der Waals surface area (Å²) in [6, 6.07) is 19.2. The number of thiazole rings is 1. The fraction of sp³-hybridized carbons (Fsp3) is 0.208. The molecule has 0 aliphatic carbocycles. The molecule has 0 N–H and O–H groups in total. The fourth-order valence-corrected chi connectivity index (χ4v) is 4.62. The predicted octanol–water partition coefficient (Wildman–Crippen LogP) is 4.63. The van der Waals surface area contributed by atoms with Crippen LogP contribution in [0.25, 0.3) is 10.2 Å². The van der Waals surface area contributed by atoms with E-state index in [4.69, 9.17) is 14.5 Å². The molecule has 7 heteroatoms. The van der Waals surface area contributed by atoms with Crippen LogP contribution >= 0.6 is 11.3 Å². The molecule has 0 radical (unpaired) electrons. The van der Waals surface area contributed by atoms with Crippen LogP contribution < -0.4 is 14.4 Å². The number of para-hydroxylation sites is 3. The van der Waals surface area contributed by atoms with E-state index in [1.165, 1.54) is 11.3 Å². The Hall–Kier alpha value is -3.45. The number of amides is 1. The summed E-state index contributed by atoms with van der Waals surface area (Å²) in [6.45, 7) is 2.57. The molecule has 0 fully saturated rings. The Morgan fingerprint density at radius 1 is 1.10 bits per heavy atom. The lowest BCUT2D eigenvalue weighted by Gasteiger charge is -2.29. The third kappa shape index (κ3) is 3.84. The molecule has 2 aromatic carbocycles. The summed E-state index contributed by atoms with van der Waals surface area (Å²) >= 11 is 1.50. The summed E-state index contributed by atoms with van der Waals surface area (Å²) < 4.78 is 12.8. The first-order valence-corrected chi connectivity index (χ1v) is 11.0. The van der Waals surface area contributed by atoms with Gasteiger partial charge < -0.3 is 9.47 Å². The highest BCUT2D eigenvalue weighted by Gasteiger charge is 2.33. The Kier molecular flexibility index (Phi) is 5.26. The molecule has 5 rings (SSSR count). The molecule has 0 saturated carbocycles. The van der Waals surface area contributed by atoms with Gasteiger partial charge in [-0.15, -0.1) is 0 Å². The van der Waals surface area contributed by atoms with Gasteiger partial charge in [0.2, 0.25) is 6.10 Å². The molecular weight excluding hydrogens is 410 g/mol. The molecule has 0 bridgehead atoms. The van der Waals surface area contributed by atoms with Gasteiger partial charge in [0.25, 0.3) is 5.91 Å². The second-order valence-electron chi connectivity index (χ2n) is 7.22. The van der Waals surface area contributed by atoms with E-state index >= 15 is 0 Å². The van der Waals surface area contributed by atoms with Gasteiger partial charge in [0, 0.05) is 6.20 Å². The van der Waals surface area contributed by atoms with Crippen molar-refractivity contribution in [2.24, 2.45) is 0 Å². The zero-order valence-electron chi connectivity index (χ0n) is 17.0. The van der Waals surface area contributed by atoms with Gasteiger partial charge in [-0.2, -0.15) is 0 Å². The molecule has 0 saturated heterocycles. The Morgan fingerprint density at radius 2 is 1.94 bits per heavy atom. The van der Waals surface area contributed by atoms with Crippen LogP contribution in [0, 0.1) is 0 Å². The van der Waals surface area contributed by atoms with Gasteiger partial charge in [-0.1, -0.05) is 48.6 Å². The Morgan fingerprint density at radius 3 is 2.74 bits per heavy atom. The van der Waals surface area contributed by atoms with Gasteiger partial charge in [-0.25, -0.2) is 4.98 Å². The number of hydrogen-bond acceptors (Lipinski definition) is 6. The minimum absolute atomic E-state index is 0.152. The topological polar surface area (TPSA) is 64.6 Å². The molecular formula is C24H21N3O3S. The Labute approximate surface area is 184 Å². The number of fused-ring (bicyclic) bond motifs is 2. The largest absolute Gasteiger partial charge is 0.485 e. The molecule has 6 nitrogen and oxygen atoms in total. The average molecular weight is 432 g/mol. The first kappa shape index (κ1) is 19.5. The number of benzene rings is 2. The molecule has 156 valence electrons. The summed E-state index contributed by atoms with van der Waals surface area (Å²) in [5.74, 6) is 1.02. The van der Waals surface area contributed by atoms with Gasteiger partial charge in [0.05, 0.1) is 22.5 Å². The molecule has 4 aromatic rings. The zero-order chi connectivity index (χ0) is 21.2. The average Bonchev–Trinajstić information content (AvgIpc) is 3.26. The van der Waals surface area contributed by atoms with E-state index in [1.807, 2.05) is 54.6 Å². The van der Waals surface area contributed by atoms with Gasteiger partial charge >= 0.3 is 0 Å². The number of aromatic nitrogens is 2. The molecule has 1 atom stereocenters. The van der Waals surface area contributed by atoms with E-state index in [-0.39, 0.29) is 12.5 Å². The first-order chi connectivity index (χ1) is 15.2.